The van der Waals surface area contributed by atoms with Crippen LogP contribution in [-0.2, 0) is 11.3 Å². The van der Waals surface area contributed by atoms with Crippen molar-refractivity contribution in [3.05, 3.63) is 58.3 Å². The van der Waals surface area contributed by atoms with Gasteiger partial charge < -0.3 is 20.5 Å². The van der Waals surface area contributed by atoms with Gasteiger partial charge >= 0.3 is 0 Å². The van der Waals surface area contributed by atoms with Crippen LogP contribution in [-0.4, -0.2) is 36.9 Å². The van der Waals surface area contributed by atoms with E-state index in [4.69, 9.17) is 4.74 Å². The molecule has 2 rings (SSSR count). The Balaban J connectivity index is 0.00000338. The molecule has 1 aromatic heterocycles. The summed E-state index contributed by atoms with van der Waals surface area (Å²) in [6.45, 7) is 5.93. The molecule has 7 heteroatoms. The summed E-state index contributed by atoms with van der Waals surface area (Å²) in [5, 5.41) is 18.7. The molecular formula is C19H28IN3O2S. The first-order chi connectivity index (χ1) is 12.2. The highest BCUT2D eigenvalue weighted by atomic mass is 127. The molecule has 0 aliphatic carbocycles. The van der Waals surface area contributed by atoms with E-state index < -0.39 is 6.10 Å². The number of nitrogens with one attached hydrogen (secondary N) is 2. The van der Waals surface area contributed by atoms with Crippen molar-refractivity contribution < 1.29 is 9.84 Å². The number of aliphatic hydroxyl groups is 1. The van der Waals surface area contributed by atoms with Crippen LogP contribution in [0.1, 0.15) is 30.3 Å². The molecule has 1 aromatic carbocycles. The van der Waals surface area contributed by atoms with Crippen molar-refractivity contribution >= 4 is 41.3 Å². The molecule has 3 N–H and O–H groups in total. The minimum absolute atomic E-state index is 0. The monoisotopic (exact) mass is 489 g/mol. The van der Waals surface area contributed by atoms with E-state index >= 15 is 0 Å². The van der Waals surface area contributed by atoms with Crippen molar-refractivity contribution in [2.24, 2.45) is 4.99 Å². The van der Waals surface area contributed by atoms with Gasteiger partial charge in [0, 0.05) is 11.4 Å². The van der Waals surface area contributed by atoms with Gasteiger partial charge in [-0.05, 0) is 30.9 Å². The molecule has 0 aliphatic rings. The summed E-state index contributed by atoms with van der Waals surface area (Å²) in [6, 6.07) is 14.2. The Labute approximate surface area is 176 Å². The molecule has 0 radical (unpaired) electrons. The Hall–Kier alpha value is -1.16. The smallest absolute Gasteiger partial charge is 0.191 e. The normalized spacial score (nSPS) is 13.6. The van der Waals surface area contributed by atoms with Crippen LogP contribution in [0.5, 0.6) is 0 Å². The Morgan fingerprint density at radius 1 is 1.23 bits per heavy atom. The summed E-state index contributed by atoms with van der Waals surface area (Å²) in [6.07, 6.45) is -0.629. The van der Waals surface area contributed by atoms with Gasteiger partial charge in [0.1, 0.15) is 0 Å². The van der Waals surface area contributed by atoms with Gasteiger partial charge in [-0.25, -0.2) is 0 Å². The van der Waals surface area contributed by atoms with Gasteiger partial charge in [-0.1, -0.05) is 36.4 Å². The molecule has 2 unspecified atom stereocenters. The first-order valence-electron chi connectivity index (χ1n) is 8.57. The highest BCUT2D eigenvalue weighted by molar-refractivity contribution is 14.0. The predicted molar refractivity (Wildman–Crippen MR) is 119 cm³/mol. The fourth-order valence-corrected chi connectivity index (χ4v) is 3.00. The highest BCUT2D eigenvalue weighted by Crippen LogP contribution is 2.17. The van der Waals surface area contributed by atoms with E-state index in [0.29, 0.717) is 19.1 Å². The summed E-state index contributed by atoms with van der Waals surface area (Å²) < 4.78 is 5.56. The molecule has 144 valence electrons. The fraction of sp³-hybridized carbons (Fsp3) is 0.421. The molecule has 0 fully saturated rings. The van der Waals surface area contributed by atoms with Crippen LogP contribution in [0.25, 0.3) is 0 Å². The molecule has 0 aliphatic heterocycles. The van der Waals surface area contributed by atoms with E-state index in [2.05, 4.69) is 34.0 Å². The molecule has 0 saturated carbocycles. The number of aliphatic imine (C=N–C) groups is 1. The zero-order valence-electron chi connectivity index (χ0n) is 15.2. The zero-order valence-corrected chi connectivity index (χ0v) is 18.4. The van der Waals surface area contributed by atoms with E-state index in [0.717, 1.165) is 12.1 Å². The standard InChI is InChI=1S/C19H27N3O2S.HI/c1-3-20-19(22-15(2)18-10-7-11-25-18)21-12-17(23)14-24-13-16-8-5-4-6-9-16;/h4-11,15,17,23H,3,12-14H2,1-2H3,(H2,20,21,22);1H. The van der Waals surface area contributed by atoms with Gasteiger partial charge in [-0.3, -0.25) is 4.99 Å². The lowest BCUT2D eigenvalue weighted by Gasteiger charge is -2.17. The number of nitrogens with zero attached hydrogens (tertiary/aromatic N) is 1. The van der Waals surface area contributed by atoms with Gasteiger partial charge in [0.25, 0.3) is 0 Å². The van der Waals surface area contributed by atoms with Crippen molar-refractivity contribution in [3.63, 3.8) is 0 Å². The minimum atomic E-state index is -0.629. The van der Waals surface area contributed by atoms with Crippen LogP contribution >= 0.6 is 35.3 Å². The van der Waals surface area contributed by atoms with Crippen LogP contribution in [0.2, 0.25) is 0 Å². The molecule has 2 aromatic rings. The van der Waals surface area contributed by atoms with Gasteiger partial charge in [0.15, 0.2) is 5.96 Å². The van der Waals surface area contributed by atoms with E-state index in [-0.39, 0.29) is 36.6 Å². The lowest BCUT2D eigenvalue weighted by atomic mass is 10.2. The summed E-state index contributed by atoms with van der Waals surface area (Å²) in [4.78, 5) is 5.71. The van der Waals surface area contributed by atoms with E-state index in [1.54, 1.807) is 11.3 Å². The maximum absolute atomic E-state index is 10.1. The van der Waals surface area contributed by atoms with Crippen molar-refractivity contribution in [3.8, 4) is 0 Å². The van der Waals surface area contributed by atoms with Crippen molar-refractivity contribution in [1.29, 1.82) is 0 Å². The predicted octanol–water partition coefficient (Wildman–Crippen LogP) is 3.56. The largest absolute Gasteiger partial charge is 0.389 e. The molecule has 0 bridgehead atoms. The van der Waals surface area contributed by atoms with E-state index in [9.17, 15) is 5.11 Å². The maximum Gasteiger partial charge on any atom is 0.191 e. The zero-order chi connectivity index (χ0) is 17.9. The number of thiophene rings is 1. The number of hydrogen-bond acceptors (Lipinski definition) is 4. The summed E-state index contributed by atoms with van der Waals surface area (Å²) in [5.74, 6) is 0.700. The average molecular weight is 489 g/mol. The van der Waals surface area contributed by atoms with E-state index in [1.807, 2.05) is 43.3 Å². The van der Waals surface area contributed by atoms with Gasteiger partial charge in [-0.2, -0.15) is 0 Å². The number of benzene rings is 1. The lowest BCUT2D eigenvalue weighted by Crippen LogP contribution is -2.39. The molecule has 26 heavy (non-hydrogen) atoms. The first-order valence-corrected chi connectivity index (χ1v) is 9.45. The molecule has 5 nitrogen and oxygen atoms in total. The Kier molecular flexibility index (Phi) is 11.5. The third-order valence-corrected chi connectivity index (χ3v) is 4.60. The number of rotatable bonds is 9. The van der Waals surface area contributed by atoms with Crippen LogP contribution in [0, 0.1) is 0 Å². The Morgan fingerprint density at radius 3 is 2.65 bits per heavy atom. The number of hydrogen-bond donors (Lipinski definition) is 3. The van der Waals surface area contributed by atoms with Crippen molar-refractivity contribution in [2.75, 3.05) is 19.7 Å². The molecule has 0 amide bonds. The number of halogens is 1. The molecule has 2 atom stereocenters. The molecule has 0 saturated heterocycles. The first kappa shape index (κ1) is 22.9. The van der Waals surface area contributed by atoms with Crippen LogP contribution in [0.15, 0.2) is 52.8 Å². The second-order valence-electron chi connectivity index (χ2n) is 5.76. The van der Waals surface area contributed by atoms with Gasteiger partial charge in [0.05, 0.1) is 31.9 Å². The topological polar surface area (TPSA) is 65.9 Å². The fourth-order valence-electron chi connectivity index (χ4n) is 2.27. The van der Waals surface area contributed by atoms with E-state index in [1.165, 1.54) is 4.88 Å². The second-order valence-corrected chi connectivity index (χ2v) is 6.73. The van der Waals surface area contributed by atoms with Crippen molar-refractivity contribution in [1.82, 2.24) is 10.6 Å². The number of aliphatic hydroxyl groups excluding tert-OH is 1. The van der Waals surface area contributed by atoms with Crippen LogP contribution < -0.4 is 10.6 Å². The Morgan fingerprint density at radius 2 is 2.00 bits per heavy atom. The maximum atomic E-state index is 10.1. The summed E-state index contributed by atoms with van der Waals surface area (Å²) in [5.41, 5.74) is 1.10. The summed E-state index contributed by atoms with van der Waals surface area (Å²) in [7, 11) is 0. The summed E-state index contributed by atoms with van der Waals surface area (Å²) >= 11 is 1.71. The molecular weight excluding hydrogens is 461 g/mol. The SMILES string of the molecule is CCNC(=NCC(O)COCc1ccccc1)NC(C)c1cccs1.I. The van der Waals surface area contributed by atoms with Crippen LogP contribution in [0.4, 0.5) is 0 Å². The van der Waals surface area contributed by atoms with Gasteiger partial charge in [0.2, 0.25) is 0 Å². The van der Waals surface area contributed by atoms with Gasteiger partial charge in [-0.15, -0.1) is 35.3 Å². The number of guanidine groups is 1. The number of ether oxygens (including phenoxy) is 1. The molecule has 1 heterocycles. The Bertz CT molecular complexity index is 623. The van der Waals surface area contributed by atoms with Crippen LogP contribution in [0.3, 0.4) is 0 Å². The highest BCUT2D eigenvalue weighted by Gasteiger charge is 2.10. The minimum Gasteiger partial charge on any atom is -0.389 e. The third-order valence-electron chi connectivity index (χ3n) is 3.55. The third kappa shape index (κ3) is 8.48. The van der Waals surface area contributed by atoms with Crippen molar-refractivity contribution in [2.45, 2.75) is 32.6 Å². The molecule has 0 spiro atoms. The lowest BCUT2D eigenvalue weighted by molar-refractivity contribution is 0.0331. The second kappa shape index (κ2) is 13.1. The average Bonchev–Trinajstić information content (AvgIpc) is 3.15. The quantitative estimate of drug-likeness (QED) is 0.286.